The van der Waals surface area contributed by atoms with Crippen LogP contribution in [0.15, 0.2) is 0 Å². The summed E-state index contributed by atoms with van der Waals surface area (Å²) >= 11 is 0. The van der Waals surface area contributed by atoms with Crippen molar-refractivity contribution in [2.24, 2.45) is 11.7 Å². The molecule has 5 nitrogen and oxygen atoms in total. The fraction of sp³-hybridized carbons (Fsp3) is 0.800. The number of carbonyl (C=O) groups excluding carboxylic acids is 1. The Morgan fingerprint density at radius 1 is 1.47 bits per heavy atom. The summed E-state index contributed by atoms with van der Waals surface area (Å²) in [7, 11) is 0. The second-order valence-electron chi connectivity index (χ2n) is 3.93. The van der Waals surface area contributed by atoms with E-state index in [1.165, 1.54) is 0 Å². The molecule has 1 atom stereocenters. The number of unbranched alkanes of at least 4 members (excludes halogenated alkanes) is 1. The first kappa shape index (κ1) is 13.7. The minimum absolute atomic E-state index is 0.00404. The average molecular weight is 214 g/mol. The maximum atomic E-state index is 11.4. The molecule has 2 amide bonds. The zero-order valence-corrected chi connectivity index (χ0v) is 9.76. The number of hydrogen-bond acceptors (Lipinski definition) is 2. The summed E-state index contributed by atoms with van der Waals surface area (Å²) in [6.07, 6.45) is 2.00. The van der Waals surface area contributed by atoms with Crippen LogP contribution in [0, 0.1) is 11.3 Å². The van der Waals surface area contributed by atoms with Gasteiger partial charge < -0.3 is 16.4 Å². The number of rotatable bonds is 6. The first-order chi connectivity index (χ1) is 6.99. The monoisotopic (exact) mass is 214 g/mol. The smallest absolute Gasteiger partial charge is 0.315 e. The summed E-state index contributed by atoms with van der Waals surface area (Å²) in [6, 6.07) is -0.635. The molecule has 5 heteroatoms. The van der Waals surface area contributed by atoms with Gasteiger partial charge in [-0.15, -0.1) is 0 Å². The Kier molecular flexibility index (Phi) is 6.49. The van der Waals surface area contributed by atoms with E-state index >= 15 is 0 Å². The molecule has 0 aliphatic heterocycles. The van der Waals surface area contributed by atoms with Crippen LogP contribution >= 0.6 is 0 Å². The van der Waals surface area contributed by atoms with Crippen LogP contribution in [-0.2, 0) is 0 Å². The van der Waals surface area contributed by atoms with E-state index in [-0.39, 0.29) is 23.8 Å². The highest BCUT2D eigenvalue weighted by Crippen LogP contribution is 2.00. The first-order valence-corrected chi connectivity index (χ1v) is 5.37. The molecule has 0 saturated carbocycles. The molecule has 0 spiro atoms. The van der Waals surface area contributed by atoms with Crippen molar-refractivity contribution in [1.82, 2.24) is 10.6 Å². The predicted octanol–water partition coefficient (Wildman–Crippen LogP) is 1.05. The molecule has 0 heterocycles. The van der Waals surface area contributed by atoms with E-state index in [1.54, 1.807) is 0 Å². The number of amidine groups is 1. The second kappa shape index (κ2) is 7.09. The SMILES string of the molecule is CCCCNC(=O)NC(C(=N)N)C(C)C. The van der Waals surface area contributed by atoms with Crippen LogP contribution in [0.3, 0.4) is 0 Å². The van der Waals surface area contributed by atoms with Crippen molar-refractivity contribution in [2.75, 3.05) is 6.54 Å². The zero-order chi connectivity index (χ0) is 11.8. The summed E-state index contributed by atoms with van der Waals surface area (Å²) < 4.78 is 0. The van der Waals surface area contributed by atoms with Crippen molar-refractivity contribution in [3.63, 3.8) is 0 Å². The summed E-state index contributed by atoms with van der Waals surface area (Å²) in [4.78, 5) is 11.4. The standard InChI is InChI=1S/C10H22N4O/c1-4-5-6-13-10(15)14-8(7(2)3)9(11)12/h7-8H,4-6H2,1-3H3,(H3,11,12)(H2,13,14,15). The van der Waals surface area contributed by atoms with E-state index in [4.69, 9.17) is 11.1 Å². The van der Waals surface area contributed by atoms with Crippen LogP contribution in [-0.4, -0.2) is 24.5 Å². The molecule has 0 bridgehead atoms. The second-order valence-corrected chi connectivity index (χ2v) is 3.93. The Bertz CT molecular complexity index is 215. The topological polar surface area (TPSA) is 91.0 Å². The van der Waals surface area contributed by atoms with Crippen LogP contribution in [0.5, 0.6) is 0 Å². The largest absolute Gasteiger partial charge is 0.386 e. The highest BCUT2D eigenvalue weighted by Gasteiger charge is 2.18. The van der Waals surface area contributed by atoms with Gasteiger partial charge >= 0.3 is 6.03 Å². The van der Waals surface area contributed by atoms with Crippen LogP contribution in [0.1, 0.15) is 33.6 Å². The van der Waals surface area contributed by atoms with Gasteiger partial charge in [0, 0.05) is 6.54 Å². The molecule has 15 heavy (non-hydrogen) atoms. The van der Waals surface area contributed by atoms with Crippen molar-refractivity contribution in [3.05, 3.63) is 0 Å². The van der Waals surface area contributed by atoms with Gasteiger partial charge in [-0.05, 0) is 12.3 Å². The van der Waals surface area contributed by atoms with E-state index in [9.17, 15) is 4.79 Å². The van der Waals surface area contributed by atoms with Gasteiger partial charge in [-0.3, -0.25) is 5.41 Å². The van der Waals surface area contributed by atoms with E-state index in [2.05, 4.69) is 17.6 Å². The molecule has 0 aromatic heterocycles. The summed E-state index contributed by atoms with van der Waals surface area (Å²) in [5.74, 6) is 0.120. The Morgan fingerprint density at radius 3 is 2.47 bits per heavy atom. The highest BCUT2D eigenvalue weighted by molar-refractivity contribution is 5.87. The normalized spacial score (nSPS) is 12.3. The van der Waals surface area contributed by atoms with Gasteiger partial charge in [0.2, 0.25) is 0 Å². The van der Waals surface area contributed by atoms with E-state index in [0.29, 0.717) is 6.54 Å². The third-order valence-electron chi connectivity index (χ3n) is 2.10. The molecule has 0 radical (unpaired) electrons. The fourth-order valence-corrected chi connectivity index (χ4v) is 1.17. The summed E-state index contributed by atoms with van der Waals surface area (Å²) in [5.41, 5.74) is 5.38. The van der Waals surface area contributed by atoms with Gasteiger partial charge in [-0.25, -0.2) is 4.79 Å². The molecule has 0 rings (SSSR count). The number of amides is 2. The Labute approximate surface area is 91.3 Å². The van der Waals surface area contributed by atoms with Crippen molar-refractivity contribution < 1.29 is 4.79 Å². The highest BCUT2D eigenvalue weighted by atomic mass is 16.2. The van der Waals surface area contributed by atoms with Gasteiger partial charge in [-0.1, -0.05) is 27.2 Å². The first-order valence-electron chi connectivity index (χ1n) is 5.37. The summed E-state index contributed by atoms with van der Waals surface area (Å²) in [6.45, 7) is 6.55. The van der Waals surface area contributed by atoms with E-state index < -0.39 is 0 Å². The molecule has 5 N–H and O–H groups in total. The number of nitrogens with one attached hydrogen (secondary N) is 3. The molecule has 1 unspecified atom stereocenters. The molecule has 0 aliphatic rings. The number of hydrogen-bond donors (Lipinski definition) is 4. The molecule has 0 aromatic rings. The van der Waals surface area contributed by atoms with Gasteiger partial charge in [0.25, 0.3) is 0 Å². The molecule has 0 fully saturated rings. The Hall–Kier alpha value is -1.26. The number of nitrogens with two attached hydrogens (primary N) is 1. The maximum absolute atomic E-state index is 11.4. The third-order valence-corrected chi connectivity index (χ3v) is 2.10. The quantitative estimate of drug-likeness (QED) is 0.302. The molecule has 0 aliphatic carbocycles. The molecule has 0 aromatic carbocycles. The van der Waals surface area contributed by atoms with Crippen molar-refractivity contribution in [3.8, 4) is 0 Å². The van der Waals surface area contributed by atoms with Crippen LogP contribution in [0.2, 0.25) is 0 Å². The lowest BCUT2D eigenvalue weighted by Gasteiger charge is -2.21. The molecular formula is C10H22N4O. The van der Waals surface area contributed by atoms with Crippen molar-refractivity contribution >= 4 is 11.9 Å². The predicted molar refractivity (Wildman–Crippen MR) is 62.0 cm³/mol. The Balaban J connectivity index is 3.95. The van der Waals surface area contributed by atoms with Gasteiger partial charge in [0.1, 0.15) is 5.84 Å². The van der Waals surface area contributed by atoms with Crippen LogP contribution < -0.4 is 16.4 Å². The summed E-state index contributed by atoms with van der Waals surface area (Å²) in [5, 5.41) is 12.7. The van der Waals surface area contributed by atoms with Gasteiger partial charge in [-0.2, -0.15) is 0 Å². The number of carbonyl (C=O) groups is 1. The van der Waals surface area contributed by atoms with Crippen LogP contribution in [0.25, 0.3) is 0 Å². The lowest BCUT2D eigenvalue weighted by atomic mass is 10.0. The van der Waals surface area contributed by atoms with Gasteiger partial charge in [0.15, 0.2) is 0 Å². The average Bonchev–Trinajstić information content (AvgIpc) is 2.13. The number of urea groups is 1. The fourth-order valence-electron chi connectivity index (χ4n) is 1.17. The van der Waals surface area contributed by atoms with Crippen LogP contribution in [0.4, 0.5) is 4.79 Å². The van der Waals surface area contributed by atoms with Crippen molar-refractivity contribution in [1.29, 1.82) is 5.41 Å². The minimum atomic E-state index is -0.383. The van der Waals surface area contributed by atoms with E-state index in [0.717, 1.165) is 12.8 Å². The molecule has 0 saturated heterocycles. The Morgan fingerprint density at radius 2 is 2.07 bits per heavy atom. The van der Waals surface area contributed by atoms with E-state index in [1.807, 2.05) is 13.8 Å². The maximum Gasteiger partial charge on any atom is 0.315 e. The lowest BCUT2D eigenvalue weighted by molar-refractivity contribution is 0.237. The minimum Gasteiger partial charge on any atom is -0.386 e. The molecular weight excluding hydrogens is 192 g/mol. The zero-order valence-electron chi connectivity index (χ0n) is 9.76. The van der Waals surface area contributed by atoms with Gasteiger partial charge in [0.05, 0.1) is 6.04 Å². The van der Waals surface area contributed by atoms with Crippen molar-refractivity contribution in [2.45, 2.75) is 39.7 Å². The molecule has 88 valence electrons. The third kappa shape index (κ3) is 5.93. The lowest BCUT2D eigenvalue weighted by Crippen LogP contribution is -2.50.